The molecule has 2 aromatic rings. The van der Waals surface area contributed by atoms with Crippen LogP contribution in [0.4, 0.5) is 5.69 Å². The van der Waals surface area contributed by atoms with Gasteiger partial charge in [-0.1, -0.05) is 24.3 Å². The van der Waals surface area contributed by atoms with Gasteiger partial charge in [-0.05, 0) is 29.8 Å². The number of anilines is 1. The summed E-state index contributed by atoms with van der Waals surface area (Å²) in [6, 6.07) is 13.6. The van der Waals surface area contributed by atoms with Crippen LogP contribution < -0.4 is 10.1 Å². The van der Waals surface area contributed by atoms with Crippen LogP contribution in [0, 0.1) is 0 Å². The number of morpholine rings is 1. The molecular weight excluding hydrogens is 434 g/mol. The molecule has 1 fully saturated rings. The number of sulfonamides is 1. The van der Waals surface area contributed by atoms with Gasteiger partial charge in [0.15, 0.2) is 0 Å². The number of hydrogen-bond donors (Lipinski definition) is 1. The number of carbonyl (C=O) groups is 2. The van der Waals surface area contributed by atoms with E-state index in [2.05, 4.69) is 5.32 Å². The van der Waals surface area contributed by atoms with Gasteiger partial charge in [-0.3, -0.25) is 9.59 Å². The minimum atomic E-state index is -3.80. The van der Waals surface area contributed by atoms with Crippen molar-refractivity contribution in [2.45, 2.75) is 11.3 Å². The number of ether oxygens (including phenoxy) is 2. The Morgan fingerprint density at radius 3 is 2.47 bits per heavy atom. The Hall–Kier alpha value is -2.95. The molecule has 1 aliphatic heterocycles. The summed E-state index contributed by atoms with van der Waals surface area (Å²) in [4.78, 5) is 26.2. The molecule has 1 aliphatic rings. The van der Waals surface area contributed by atoms with E-state index >= 15 is 0 Å². The van der Waals surface area contributed by atoms with E-state index < -0.39 is 10.0 Å². The quantitative estimate of drug-likeness (QED) is 0.636. The van der Waals surface area contributed by atoms with Gasteiger partial charge in [0.05, 0.1) is 33.3 Å². The van der Waals surface area contributed by atoms with Crippen LogP contribution in [0.15, 0.2) is 53.4 Å². The first kappa shape index (κ1) is 23.7. The zero-order valence-electron chi connectivity index (χ0n) is 18.1. The number of rotatable bonds is 8. The van der Waals surface area contributed by atoms with Crippen LogP contribution in [-0.4, -0.2) is 76.4 Å². The molecule has 0 aromatic heterocycles. The zero-order chi connectivity index (χ0) is 23.1. The molecule has 172 valence electrons. The number of hydrogen-bond acceptors (Lipinski definition) is 6. The molecule has 9 nitrogen and oxygen atoms in total. The standard InChI is InChI=1S/C22H27N3O6S/c1-24(16-21(26)23-18-6-4-3-5-7-18)22(27)15-17-8-9-19(30-2)20(14-17)32(28,29)25-10-12-31-13-11-25/h3-9,14H,10-13,15-16H2,1-2H3,(H,23,26). The second kappa shape index (κ2) is 10.6. The number of methoxy groups -OCH3 is 1. The maximum Gasteiger partial charge on any atom is 0.246 e. The Morgan fingerprint density at radius 2 is 1.81 bits per heavy atom. The molecule has 0 unspecified atom stereocenters. The normalized spacial score (nSPS) is 14.6. The summed E-state index contributed by atoms with van der Waals surface area (Å²) in [5.74, 6) is -0.422. The summed E-state index contributed by atoms with van der Waals surface area (Å²) in [5.41, 5.74) is 1.16. The molecule has 1 saturated heterocycles. The molecule has 0 bridgehead atoms. The van der Waals surface area contributed by atoms with Gasteiger partial charge in [0.25, 0.3) is 0 Å². The maximum atomic E-state index is 13.1. The first-order valence-electron chi connectivity index (χ1n) is 10.1. The molecule has 0 radical (unpaired) electrons. The highest BCUT2D eigenvalue weighted by Crippen LogP contribution is 2.28. The van der Waals surface area contributed by atoms with Crippen LogP contribution in [0.2, 0.25) is 0 Å². The molecule has 0 saturated carbocycles. The van der Waals surface area contributed by atoms with Crippen LogP contribution in [0.5, 0.6) is 5.75 Å². The lowest BCUT2D eigenvalue weighted by molar-refractivity contribution is -0.132. The zero-order valence-corrected chi connectivity index (χ0v) is 18.9. The van der Waals surface area contributed by atoms with Crippen molar-refractivity contribution in [2.24, 2.45) is 0 Å². The lowest BCUT2D eigenvalue weighted by Gasteiger charge is -2.27. The minimum absolute atomic E-state index is 0.0108. The molecule has 0 aliphatic carbocycles. The first-order chi connectivity index (χ1) is 15.3. The summed E-state index contributed by atoms with van der Waals surface area (Å²) in [5, 5.41) is 2.73. The summed E-state index contributed by atoms with van der Waals surface area (Å²) in [6.45, 7) is 1.05. The fraction of sp³-hybridized carbons (Fsp3) is 0.364. The monoisotopic (exact) mass is 461 g/mol. The third-order valence-corrected chi connectivity index (χ3v) is 6.96. The van der Waals surface area contributed by atoms with E-state index in [-0.39, 0.29) is 48.5 Å². The van der Waals surface area contributed by atoms with Crippen molar-refractivity contribution in [3.8, 4) is 5.75 Å². The Bertz CT molecular complexity index is 1050. The first-order valence-corrected chi connectivity index (χ1v) is 11.6. The SMILES string of the molecule is COc1ccc(CC(=O)N(C)CC(=O)Nc2ccccc2)cc1S(=O)(=O)N1CCOCC1. The van der Waals surface area contributed by atoms with Gasteiger partial charge in [-0.15, -0.1) is 0 Å². The minimum Gasteiger partial charge on any atom is -0.495 e. The van der Waals surface area contributed by atoms with Crippen LogP contribution in [0.25, 0.3) is 0 Å². The predicted octanol–water partition coefficient (Wildman–Crippen LogP) is 1.36. The molecule has 10 heteroatoms. The number of likely N-dealkylation sites (N-methyl/N-ethyl adjacent to an activating group) is 1. The molecule has 1 N–H and O–H groups in total. The highest BCUT2D eigenvalue weighted by Gasteiger charge is 2.29. The maximum absolute atomic E-state index is 13.1. The van der Waals surface area contributed by atoms with E-state index in [0.717, 1.165) is 0 Å². The van der Waals surface area contributed by atoms with Crippen LogP contribution in [-0.2, 0) is 30.8 Å². The third kappa shape index (κ3) is 5.84. The Kier molecular flexibility index (Phi) is 7.84. The Balaban J connectivity index is 1.69. The van der Waals surface area contributed by atoms with Crippen LogP contribution in [0.1, 0.15) is 5.56 Å². The van der Waals surface area contributed by atoms with Gasteiger partial charge in [0, 0.05) is 25.8 Å². The molecule has 0 spiro atoms. The number of nitrogens with one attached hydrogen (secondary N) is 1. The molecule has 3 rings (SSSR count). The second-order valence-corrected chi connectivity index (χ2v) is 9.25. The van der Waals surface area contributed by atoms with E-state index in [9.17, 15) is 18.0 Å². The van der Waals surface area contributed by atoms with Crippen molar-refractivity contribution < 1.29 is 27.5 Å². The fourth-order valence-electron chi connectivity index (χ4n) is 3.29. The number of carbonyl (C=O) groups excluding carboxylic acids is 2. The molecule has 0 atom stereocenters. The van der Waals surface area contributed by atoms with Crippen LogP contribution >= 0.6 is 0 Å². The molecule has 2 amide bonds. The van der Waals surface area contributed by atoms with Crippen molar-refractivity contribution in [2.75, 3.05) is 52.3 Å². The van der Waals surface area contributed by atoms with Crippen molar-refractivity contribution in [1.82, 2.24) is 9.21 Å². The lowest BCUT2D eigenvalue weighted by atomic mass is 10.1. The topological polar surface area (TPSA) is 105 Å². The fourth-order valence-corrected chi connectivity index (χ4v) is 4.91. The highest BCUT2D eigenvalue weighted by atomic mass is 32.2. The summed E-state index contributed by atoms with van der Waals surface area (Å²) >= 11 is 0. The largest absolute Gasteiger partial charge is 0.495 e. The van der Waals surface area contributed by atoms with E-state index in [1.807, 2.05) is 6.07 Å². The van der Waals surface area contributed by atoms with Gasteiger partial charge in [-0.2, -0.15) is 4.31 Å². The molecule has 32 heavy (non-hydrogen) atoms. The van der Waals surface area contributed by atoms with Crippen molar-refractivity contribution >= 4 is 27.5 Å². The number of amides is 2. The predicted molar refractivity (Wildman–Crippen MR) is 119 cm³/mol. The molecule has 1 heterocycles. The highest BCUT2D eigenvalue weighted by molar-refractivity contribution is 7.89. The lowest BCUT2D eigenvalue weighted by Crippen LogP contribution is -2.40. The van der Waals surface area contributed by atoms with Gasteiger partial charge in [0.2, 0.25) is 21.8 Å². The number of benzene rings is 2. The van der Waals surface area contributed by atoms with Crippen molar-refractivity contribution in [3.63, 3.8) is 0 Å². The third-order valence-electron chi connectivity index (χ3n) is 5.04. The summed E-state index contributed by atoms with van der Waals surface area (Å²) < 4.78 is 38.0. The van der Waals surface area contributed by atoms with E-state index in [1.54, 1.807) is 30.3 Å². The average molecular weight is 462 g/mol. The second-order valence-electron chi connectivity index (χ2n) is 7.34. The van der Waals surface area contributed by atoms with Gasteiger partial charge >= 0.3 is 0 Å². The van der Waals surface area contributed by atoms with Crippen molar-refractivity contribution in [3.05, 3.63) is 54.1 Å². The summed E-state index contributed by atoms with van der Waals surface area (Å²) in [6.07, 6.45) is -0.0509. The summed E-state index contributed by atoms with van der Waals surface area (Å²) in [7, 11) is -0.868. The van der Waals surface area contributed by atoms with E-state index in [0.29, 0.717) is 24.5 Å². The average Bonchev–Trinajstić information content (AvgIpc) is 2.80. The number of nitrogens with zero attached hydrogens (tertiary/aromatic N) is 2. The van der Waals surface area contributed by atoms with Crippen molar-refractivity contribution in [1.29, 1.82) is 0 Å². The number of para-hydroxylation sites is 1. The van der Waals surface area contributed by atoms with Gasteiger partial charge < -0.3 is 19.7 Å². The molecule has 2 aromatic carbocycles. The van der Waals surface area contributed by atoms with E-state index in [4.69, 9.17) is 9.47 Å². The Morgan fingerprint density at radius 1 is 1.12 bits per heavy atom. The molecular formula is C22H27N3O6S. The smallest absolute Gasteiger partial charge is 0.246 e. The van der Waals surface area contributed by atoms with Gasteiger partial charge in [0.1, 0.15) is 10.6 Å². The van der Waals surface area contributed by atoms with Gasteiger partial charge in [-0.25, -0.2) is 8.42 Å². The Labute approximate surface area is 188 Å². The van der Waals surface area contributed by atoms with E-state index in [1.165, 1.54) is 35.5 Å². The van der Waals surface area contributed by atoms with Crippen LogP contribution in [0.3, 0.4) is 0 Å².